The summed E-state index contributed by atoms with van der Waals surface area (Å²) in [5.74, 6) is 0.707. The molecule has 1 N–H and O–H groups in total. The summed E-state index contributed by atoms with van der Waals surface area (Å²) in [6.45, 7) is 3.01. The summed E-state index contributed by atoms with van der Waals surface area (Å²) in [4.78, 5) is 0. The van der Waals surface area contributed by atoms with Gasteiger partial charge in [-0.05, 0) is 54.1 Å². The van der Waals surface area contributed by atoms with E-state index in [1.165, 1.54) is 30.4 Å². The lowest BCUT2D eigenvalue weighted by Gasteiger charge is -2.30. The van der Waals surface area contributed by atoms with E-state index in [-0.39, 0.29) is 6.04 Å². The molecule has 1 saturated carbocycles. The molecular formula is C17H20ClNO. The van der Waals surface area contributed by atoms with Crippen molar-refractivity contribution in [3.63, 3.8) is 0 Å². The Balaban J connectivity index is 2.01. The van der Waals surface area contributed by atoms with Crippen LogP contribution in [-0.2, 0) is 0 Å². The Bertz CT molecular complexity index is 574. The number of hydrogen-bond donors (Lipinski definition) is 1. The summed E-state index contributed by atoms with van der Waals surface area (Å²) in [5, 5.41) is 4.03. The molecule has 106 valence electrons. The van der Waals surface area contributed by atoms with Crippen LogP contribution in [0.15, 0.2) is 41.0 Å². The van der Waals surface area contributed by atoms with Gasteiger partial charge in [0.2, 0.25) is 0 Å². The van der Waals surface area contributed by atoms with Crippen molar-refractivity contribution in [2.45, 2.75) is 38.1 Å². The number of benzene rings is 1. The van der Waals surface area contributed by atoms with Gasteiger partial charge in [0.15, 0.2) is 5.22 Å². The molecule has 0 amide bonds. The van der Waals surface area contributed by atoms with Gasteiger partial charge in [-0.1, -0.05) is 37.6 Å². The van der Waals surface area contributed by atoms with Crippen LogP contribution in [0.1, 0.15) is 54.8 Å². The molecule has 1 aliphatic carbocycles. The van der Waals surface area contributed by atoms with E-state index in [2.05, 4.69) is 36.5 Å². The Labute approximate surface area is 125 Å². The van der Waals surface area contributed by atoms with Gasteiger partial charge in [-0.3, -0.25) is 0 Å². The molecule has 3 heteroatoms. The Morgan fingerprint density at radius 2 is 2.05 bits per heavy atom. The number of nitrogens with one attached hydrogen (secondary N) is 1. The van der Waals surface area contributed by atoms with Crippen LogP contribution < -0.4 is 5.32 Å². The third kappa shape index (κ3) is 2.50. The van der Waals surface area contributed by atoms with Crippen LogP contribution in [0.4, 0.5) is 0 Å². The lowest BCUT2D eigenvalue weighted by molar-refractivity contribution is 0.414. The molecule has 0 bridgehead atoms. The average molecular weight is 290 g/mol. The van der Waals surface area contributed by atoms with E-state index >= 15 is 0 Å². The molecule has 2 nitrogen and oxygen atoms in total. The van der Waals surface area contributed by atoms with Crippen molar-refractivity contribution in [2.75, 3.05) is 6.54 Å². The van der Waals surface area contributed by atoms with Crippen LogP contribution in [0, 0.1) is 0 Å². The van der Waals surface area contributed by atoms with Gasteiger partial charge in [-0.2, -0.15) is 0 Å². The van der Waals surface area contributed by atoms with Crippen LogP contribution in [0.5, 0.6) is 0 Å². The maximum atomic E-state index is 6.19. The van der Waals surface area contributed by atoms with Crippen LogP contribution in [0.3, 0.4) is 0 Å². The van der Waals surface area contributed by atoms with E-state index in [9.17, 15) is 0 Å². The summed E-state index contributed by atoms with van der Waals surface area (Å²) in [6, 6.07) is 10.8. The summed E-state index contributed by atoms with van der Waals surface area (Å²) in [5.41, 5.74) is 3.82. The summed E-state index contributed by atoms with van der Waals surface area (Å²) in [7, 11) is 0. The standard InChI is InChI=1S/C17H20ClNO/c1-2-19-16(15-10-11-20-17(15)18)14-9-4-3-8-13(14)12-6-5-7-12/h3-4,8-12,16,19H,2,5-7H2,1H3. The fraction of sp³-hybridized carbons (Fsp3) is 0.412. The van der Waals surface area contributed by atoms with E-state index in [4.69, 9.17) is 16.0 Å². The molecule has 1 unspecified atom stereocenters. The lowest BCUT2D eigenvalue weighted by Crippen LogP contribution is -2.24. The van der Waals surface area contributed by atoms with Gasteiger partial charge >= 0.3 is 0 Å². The van der Waals surface area contributed by atoms with Crippen LogP contribution in [0.2, 0.25) is 5.22 Å². The lowest BCUT2D eigenvalue weighted by atomic mass is 9.76. The molecule has 0 aliphatic heterocycles. The highest BCUT2D eigenvalue weighted by Crippen LogP contribution is 2.41. The zero-order valence-corrected chi connectivity index (χ0v) is 12.5. The van der Waals surface area contributed by atoms with E-state index < -0.39 is 0 Å². The van der Waals surface area contributed by atoms with Crippen molar-refractivity contribution in [3.8, 4) is 0 Å². The van der Waals surface area contributed by atoms with Crippen molar-refractivity contribution in [2.24, 2.45) is 0 Å². The summed E-state index contributed by atoms with van der Waals surface area (Å²) < 4.78 is 5.28. The minimum absolute atomic E-state index is 0.114. The highest BCUT2D eigenvalue weighted by Gasteiger charge is 2.26. The second kappa shape index (κ2) is 6.02. The predicted molar refractivity (Wildman–Crippen MR) is 82.3 cm³/mol. The quantitative estimate of drug-likeness (QED) is 0.847. The number of halogens is 1. The molecule has 2 aromatic rings. The minimum Gasteiger partial charge on any atom is -0.453 e. The third-order valence-corrected chi connectivity index (χ3v) is 4.52. The highest BCUT2D eigenvalue weighted by atomic mass is 35.5. The first-order valence-corrected chi connectivity index (χ1v) is 7.74. The number of hydrogen-bond acceptors (Lipinski definition) is 2. The molecule has 1 fully saturated rings. The molecule has 3 rings (SSSR count). The van der Waals surface area contributed by atoms with Crippen molar-refractivity contribution in [3.05, 3.63) is 58.5 Å². The molecule has 1 aliphatic rings. The number of furan rings is 1. The molecular weight excluding hydrogens is 270 g/mol. The van der Waals surface area contributed by atoms with Gasteiger partial charge in [0.25, 0.3) is 0 Å². The van der Waals surface area contributed by atoms with Crippen molar-refractivity contribution < 1.29 is 4.42 Å². The first-order valence-electron chi connectivity index (χ1n) is 7.36. The second-order valence-corrected chi connectivity index (χ2v) is 5.74. The normalized spacial score (nSPS) is 16.9. The second-order valence-electron chi connectivity index (χ2n) is 5.40. The van der Waals surface area contributed by atoms with Gasteiger partial charge in [-0.15, -0.1) is 0 Å². The van der Waals surface area contributed by atoms with E-state index in [1.807, 2.05) is 6.07 Å². The Morgan fingerprint density at radius 3 is 2.65 bits per heavy atom. The van der Waals surface area contributed by atoms with Gasteiger partial charge < -0.3 is 9.73 Å². The molecule has 20 heavy (non-hydrogen) atoms. The molecule has 0 radical (unpaired) electrons. The van der Waals surface area contributed by atoms with Gasteiger partial charge in [0, 0.05) is 5.56 Å². The summed E-state index contributed by atoms with van der Waals surface area (Å²) in [6.07, 6.45) is 5.61. The third-order valence-electron chi connectivity index (χ3n) is 4.22. The zero-order chi connectivity index (χ0) is 13.9. The van der Waals surface area contributed by atoms with Gasteiger partial charge in [0.1, 0.15) is 0 Å². The Morgan fingerprint density at radius 1 is 1.25 bits per heavy atom. The Hall–Kier alpha value is -1.25. The van der Waals surface area contributed by atoms with Crippen LogP contribution >= 0.6 is 11.6 Å². The molecule has 0 spiro atoms. The van der Waals surface area contributed by atoms with Gasteiger partial charge in [-0.25, -0.2) is 0 Å². The predicted octanol–water partition coefficient (Wildman–Crippen LogP) is 4.90. The molecule has 0 saturated heterocycles. The van der Waals surface area contributed by atoms with Gasteiger partial charge in [0.05, 0.1) is 12.3 Å². The highest BCUT2D eigenvalue weighted by molar-refractivity contribution is 6.29. The first-order chi connectivity index (χ1) is 9.81. The first kappa shape index (κ1) is 13.7. The van der Waals surface area contributed by atoms with E-state index in [0.29, 0.717) is 11.1 Å². The van der Waals surface area contributed by atoms with Crippen LogP contribution in [0.25, 0.3) is 0 Å². The molecule has 1 aromatic heterocycles. The van der Waals surface area contributed by atoms with Crippen LogP contribution in [-0.4, -0.2) is 6.54 Å². The zero-order valence-electron chi connectivity index (χ0n) is 11.7. The molecule has 1 atom stereocenters. The maximum absolute atomic E-state index is 6.19. The van der Waals surface area contributed by atoms with Crippen molar-refractivity contribution >= 4 is 11.6 Å². The monoisotopic (exact) mass is 289 g/mol. The van der Waals surface area contributed by atoms with Crippen molar-refractivity contribution in [1.82, 2.24) is 5.32 Å². The fourth-order valence-electron chi connectivity index (χ4n) is 2.97. The molecule has 1 aromatic carbocycles. The largest absolute Gasteiger partial charge is 0.453 e. The minimum atomic E-state index is 0.114. The molecule has 1 heterocycles. The van der Waals surface area contributed by atoms with E-state index in [1.54, 1.807) is 6.26 Å². The smallest absolute Gasteiger partial charge is 0.198 e. The summed E-state index contributed by atoms with van der Waals surface area (Å²) >= 11 is 6.19. The van der Waals surface area contributed by atoms with E-state index in [0.717, 1.165) is 12.1 Å². The van der Waals surface area contributed by atoms with Crippen molar-refractivity contribution in [1.29, 1.82) is 0 Å². The maximum Gasteiger partial charge on any atom is 0.198 e. The number of rotatable bonds is 5. The Kier molecular flexibility index (Phi) is 4.13. The average Bonchev–Trinajstić information content (AvgIpc) is 2.81. The topological polar surface area (TPSA) is 25.2 Å². The fourth-order valence-corrected chi connectivity index (χ4v) is 3.19. The SMILES string of the molecule is CCNC(c1ccccc1C1CCC1)c1ccoc1Cl.